The van der Waals surface area contributed by atoms with Crippen molar-refractivity contribution in [2.75, 3.05) is 0 Å². The summed E-state index contributed by atoms with van der Waals surface area (Å²) in [6.07, 6.45) is 0. The highest BCUT2D eigenvalue weighted by molar-refractivity contribution is 5.69. The zero-order chi connectivity index (χ0) is 20.2. The van der Waals surface area contributed by atoms with Gasteiger partial charge in [-0.05, 0) is 34.4 Å². The second-order valence-electron chi connectivity index (χ2n) is 7.63. The molecule has 2 atom stereocenters. The van der Waals surface area contributed by atoms with Crippen LogP contribution in [0, 0.1) is 0 Å². The summed E-state index contributed by atoms with van der Waals surface area (Å²) in [5, 5.41) is 11.3. The lowest BCUT2D eigenvalue weighted by Crippen LogP contribution is -2.03. The third kappa shape index (κ3) is 3.95. The van der Waals surface area contributed by atoms with Crippen molar-refractivity contribution < 1.29 is 5.11 Å². The molecule has 0 fully saturated rings. The van der Waals surface area contributed by atoms with Crippen molar-refractivity contribution in [3.63, 3.8) is 0 Å². The Kier molecular flexibility index (Phi) is 5.48. The van der Waals surface area contributed by atoms with E-state index in [2.05, 4.69) is 98.8 Å². The molecule has 0 saturated carbocycles. The van der Waals surface area contributed by atoms with E-state index in [1.54, 1.807) is 0 Å². The van der Waals surface area contributed by atoms with Crippen molar-refractivity contribution in [1.82, 2.24) is 0 Å². The maximum absolute atomic E-state index is 11.3. The minimum Gasteiger partial charge on any atom is -0.507 e. The molecule has 4 aromatic rings. The van der Waals surface area contributed by atoms with E-state index in [1.807, 2.05) is 18.2 Å². The van der Waals surface area contributed by atoms with Crippen molar-refractivity contribution in [2.24, 2.45) is 0 Å². The van der Waals surface area contributed by atoms with E-state index in [4.69, 9.17) is 0 Å². The van der Waals surface area contributed by atoms with Crippen molar-refractivity contribution >= 4 is 0 Å². The molecule has 0 aromatic heterocycles. The fraction of sp³-hybridized carbons (Fsp3) is 0.143. The number of benzene rings is 4. The van der Waals surface area contributed by atoms with Crippen LogP contribution in [0.4, 0.5) is 0 Å². The van der Waals surface area contributed by atoms with Crippen LogP contribution in [0.2, 0.25) is 0 Å². The normalized spacial score (nSPS) is 13.0. The quantitative estimate of drug-likeness (QED) is 0.384. The van der Waals surface area contributed by atoms with Gasteiger partial charge in [0, 0.05) is 23.0 Å². The molecule has 4 aromatic carbocycles. The predicted molar refractivity (Wildman–Crippen MR) is 121 cm³/mol. The summed E-state index contributed by atoms with van der Waals surface area (Å²) >= 11 is 0. The molecule has 0 radical (unpaired) electrons. The zero-order valence-electron chi connectivity index (χ0n) is 16.9. The van der Waals surface area contributed by atoms with Gasteiger partial charge in [-0.15, -0.1) is 0 Å². The minimum atomic E-state index is 0.0987. The van der Waals surface area contributed by atoms with Gasteiger partial charge in [0.2, 0.25) is 0 Å². The van der Waals surface area contributed by atoms with Crippen LogP contribution in [0.5, 0.6) is 5.75 Å². The van der Waals surface area contributed by atoms with Crippen LogP contribution in [0.25, 0.3) is 11.1 Å². The van der Waals surface area contributed by atoms with Crippen LogP contribution in [-0.4, -0.2) is 5.11 Å². The maximum atomic E-state index is 11.3. The minimum absolute atomic E-state index is 0.0987. The zero-order valence-corrected chi connectivity index (χ0v) is 16.9. The number of rotatable bonds is 5. The maximum Gasteiger partial charge on any atom is 0.123 e. The van der Waals surface area contributed by atoms with Gasteiger partial charge in [0.15, 0.2) is 0 Å². The molecule has 0 aliphatic rings. The first-order valence-corrected chi connectivity index (χ1v) is 10.2. The molecule has 0 heterocycles. The van der Waals surface area contributed by atoms with E-state index in [-0.39, 0.29) is 11.8 Å². The summed E-state index contributed by atoms with van der Waals surface area (Å²) in [7, 11) is 0. The summed E-state index contributed by atoms with van der Waals surface area (Å²) in [6, 6.07) is 35.4. The highest BCUT2D eigenvalue weighted by Gasteiger charge is 2.21. The summed E-state index contributed by atoms with van der Waals surface area (Å²) in [6.45, 7) is 4.33. The van der Waals surface area contributed by atoms with E-state index in [0.717, 1.165) is 22.3 Å². The van der Waals surface area contributed by atoms with Crippen LogP contribution in [0.3, 0.4) is 0 Å². The summed E-state index contributed by atoms with van der Waals surface area (Å²) in [5.74, 6) is 0.598. The molecule has 1 heteroatoms. The molecule has 0 spiro atoms. The number of phenols is 1. The van der Waals surface area contributed by atoms with Gasteiger partial charge >= 0.3 is 0 Å². The summed E-state index contributed by atoms with van der Waals surface area (Å²) in [4.78, 5) is 0. The predicted octanol–water partition coefficient (Wildman–Crippen LogP) is 7.36. The average Bonchev–Trinajstić information content (AvgIpc) is 2.80. The lowest BCUT2D eigenvalue weighted by atomic mass is 9.84. The second-order valence-corrected chi connectivity index (χ2v) is 7.63. The van der Waals surface area contributed by atoms with Crippen molar-refractivity contribution in [1.29, 1.82) is 0 Å². The molecule has 4 rings (SSSR count). The van der Waals surface area contributed by atoms with Gasteiger partial charge in [0.25, 0.3) is 0 Å². The second kappa shape index (κ2) is 8.36. The molecule has 0 amide bonds. The largest absolute Gasteiger partial charge is 0.507 e. The first-order chi connectivity index (χ1) is 14.1. The number of hydrogen-bond donors (Lipinski definition) is 1. The van der Waals surface area contributed by atoms with Gasteiger partial charge in [0.1, 0.15) is 5.75 Å². The summed E-state index contributed by atoms with van der Waals surface area (Å²) in [5.41, 5.74) is 6.64. The van der Waals surface area contributed by atoms with E-state index in [0.29, 0.717) is 5.75 Å². The van der Waals surface area contributed by atoms with Gasteiger partial charge < -0.3 is 5.11 Å². The topological polar surface area (TPSA) is 20.2 Å². The molecule has 0 saturated heterocycles. The van der Waals surface area contributed by atoms with Gasteiger partial charge in [-0.1, -0.05) is 105 Å². The highest BCUT2D eigenvalue weighted by Crippen LogP contribution is 2.41. The number of aromatic hydroxyl groups is 1. The Hall–Kier alpha value is -3.32. The smallest absolute Gasteiger partial charge is 0.123 e. The first-order valence-electron chi connectivity index (χ1n) is 10.2. The third-order valence-corrected chi connectivity index (χ3v) is 5.81. The Morgan fingerprint density at radius 3 is 1.31 bits per heavy atom. The lowest BCUT2D eigenvalue weighted by molar-refractivity contribution is 0.457. The molecule has 2 unspecified atom stereocenters. The van der Waals surface area contributed by atoms with Crippen LogP contribution in [0.1, 0.15) is 47.9 Å². The molecule has 144 valence electrons. The molecule has 0 aliphatic carbocycles. The van der Waals surface area contributed by atoms with Crippen LogP contribution < -0.4 is 0 Å². The number of hydrogen-bond acceptors (Lipinski definition) is 1. The molecular formula is C28H26O. The molecule has 0 aliphatic heterocycles. The van der Waals surface area contributed by atoms with Crippen LogP contribution in [0.15, 0.2) is 103 Å². The van der Waals surface area contributed by atoms with E-state index in [1.165, 1.54) is 11.1 Å². The fourth-order valence-electron chi connectivity index (χ4n) is 3.98. The third-order valence-electron chi connectivity index (χ3n) is 5.81. The highest BCUT2D eigenvalue weighted by atomic mass is 16.3. The monoisotopic (exact) mass is 378 g/mol. The fourth-order valence-corrected chi connectivity index (χ4v) is 3.98. The lowest BCUT2D eigenvalue weighted by Gasteiger charge is -2.22. The van der Waals surface area contributed by atoms with Gasteiger partial charge in [-0.2, -0.15) is 0 Å². The molecular weight excluding hydrogens is 352 g/mol. The van der Waals surface area contributed by atoms with Gasteiger partial charge in [-0.3, -0.25) is 0 Å². The van der Waals surface area contributed by atoms with Gasteiger partial charge in [0.05, 0.1) is 0 Å². The Labute approximate surface area is 173 Å². The molecule has 29 heavy (non-hydrogen) atoms. The Morgan fingerprint density at radius 1 is 0.517 bits per heavy atom. The molecule has 0 bridgehead atoms. The van der Waals surface area contributed by atoms with Crippen LogP contribution >= 0.6 is 0 Å². The Balaban J connectivity index is 1.88. The van der Waals surface area contributed by atoms with E-state index < -0.39 is 0 Å². The van der Waals surface area contributed by atoms with Crippen molar-refractivity contribution in [3.8, 4) is 16.9 Å². The SMILES string of the molecule is CC(c1ccccc1)c1cc(-c2ccccc2)cc(C(C)c2ccccc2)c1O. The Morgan fingerprint density at radius 2 is 0.897 bits per heavy atom. The first kappa shape index (κ1) is 19.0. The van der Waals surface area contributed by atoms with E-state index in [9.17, 15) is 5.11 Å². The standard InChI is InChI=1S/C28H26O/c1-20(22-12-6-3-7-13-22)26-18-25(24-16-10-5-11-17-24)19-27(28(26)29)21(2)23-14-8-4-9-15-23/h3-21,29H,1-2H3. The van der Waals surface area contributed by atoms with Gasteiger partial charge in [-0.25, -0.2) is 0 Å². The van der Waals surface area contributed by atoms with Crippen molar-refractivity contribution in [2.45, 2.75) is 25.7 Å². The molecule has 1 N–H and O–H groups in total. The average molecular weight is 379 g/mol. The Bertz CT molecular complexity index is 1000. The molecule has 1 nitrogen and oxygen atoms in total. The summed E-state index contributed by atoms with van der Waals surface area (Å²) < 4.78 is 0. The van der Waals surface area contributed by atoms with Crippen molar-refractivity contribution in [3.05, 3.63) is 125 Å². The van der Waals surface area contributed by atoms with Crippen LogP contribution in [-0.2, 0) is 0 Å². The van der Waals surface area contributed by atoms with E-state index >= 15 is 0 Å². The number of phenolic OH excluding ortho intramolecular Hbond substituents is 1.